The molecule has 0 aromatic carbocycles. The van der Waals surface area contributed by atoms with Crippen LogP contribution in [-0.2, 0) is 4.74 Å². The molecule has 2 aliphatic rings. The number of hydrogen-bond acceptors (Lipinski definition) is 3. The molecule has 0 aliphatic carbocycles. The van der Waals surface area contributed by atoms with Crippen molar-refractivity contribution in [2.45, 2.75) is 57.4 Å². The number of amides is 1. The molecule has 0 aromatic heterocycles. The van der Waals surface area contributed by atoms with Gasteiger partial charge in [0.25, 0.3) is 0 Å². The largest absolute Gasteiger partial charge is 0.449 e. The maximum absolute atomic E-state index is 11.9. The van der Waals surface area contributed by atoms with Gasteiger partial charge in [-0.2, -0.15) is 0 Å². The third-order valence-electron chi connectivity index (χ3n) is 3.97. The van der Waals surface area contributed by atoms with Gasteiger partial charge in [-0.25, -0.2) is 4.79 Å². The normalized spacial score (nSPS) is 25.6. The standard InChI is InChI=1S/C14H26N2O2/c17-14(16-10-5-1-2-6-11-16)18-12-8-13-7-3-4-9-15-13/h13,15H,1-12H2. The van der Waals surface area contributed by atoms with Gasteiger partial charge in [-0.05, 0) is 38.6 Å². The molecule has 2 rings (SSSR count). The summed E-state index contributed by atoms with van der Waals surface area (Å²) in [6.45, 7) is 3.43. The Kier molecular flexibility index (Phi) is 5.78. The fourth-order valence-corrected chi connectivity index (χ4v) is 2.80. The van der Waals surface area contributed by atoms with Crippen molar-refractivity contribution in [1.29, 1.82) is 0 Å². The summed E-state index contributed by atoms with van der Waals surface area (Å²) < 4.78 is 5.39. The molecular weight excluding hydrogens is 228 g/mol. The molecule has 2 fully saturated rings. The molecule has 18 heavy (non-hydrogen) atoms. The molecule has 104 valence electrons. The van der Waals surface area contributed by atoms with E-state index in [1.54, 1.807) is 0 Å². The topological polar surface area (TPSA) is 41.6 Å². The van der Waals surface area contributed by atoms with Gasteiger partial charge in [0.2, 0.25) is 0 Å². The molecule has 0 radical (unpaired) electrons. The Morgan fingerprint density at radius 2 is 1.89 bits per heavy atom. The Morgan fingerprint density at radius 3 is 2.56 bits per heavy atom. The van der Waals surface area contributed by atoms with Gasteiger partial charge >= 0.3 is 6.09 Å². The van der Waals surface area contributed by atoms with Gasteiger partial charge in [0.15, 0.2) is 0 Å². The Labute approximate surface area is 110 Å². The van der Waals surface area contributed by atoms with Crippen molar-refractivity contribution in [3.8, 4) is 0 Å². The lowest BCUT2D eigenvalue weighted by atomic mass is 10.0. The van der Waals surface area contributed by atoms with E-state index in [0.29, 0.717) is 12.6 Å². The van der Waals surface area contributed by atoms with Crippen LogP contribution < -0.4 is 5.32 Å². The highest BCUT2D eigenvalue weighted by molar-refractivity contribution is 5.67. The first-order chi connectivity index (χ1) is 8.86. The zero-order valence-corrected chi connectivity index (χ0v) is 11.3. The fourth-order valence-electron chi connectivity index (χ4n) is 2.80. The van der Waals surface area contributed by atoms with E-state index in [1.165, 1.54) is 32.1 Å². The minimum atomic E-state index is -0.104. The third kappa shape index (κ3) is 4.48. The number of piperidine rings is 1. The van der Waals surface area contributed by atoms with Crippen molar-refractivity contribution in [2.75, 3.05) is 26.2 Å². The van der Waals surface area contributed by atoms with Gasteiger partial charge in [0.05, 0.1) is 6.61 Å². The average molecular weight is 254 g/mol. The minimum absolute atomic E-state index is 0.104. The van der Waals surface area contributed by atoms with Crippen LogP contribution in [0.4, 0.5) is 4.79 Å². The van der Waals surface area contributed by atoms with E-state index in [0.717, 1.165) is 38.9 Å². The summed E-state index contributed by atoms with van der Waals surface area (Å²) in [7, 11) is 0. The maximum atomic E-state index is 11.9. The van der Waals surface area contributed by atoms with Crippen molar-refractivity contribution in [1.82, 2.24) is 10.2 Å². The SMILES string of the molecule is O=C(OCCC1CCCCN1)N1CCCCCC1. The van der Waals surface area contributed by atoms with Crippen LogP contribution in [0.15, 0.2) is 0 Å². The smallest absolute Gasteiger partial charge is 0.409 e. The van der Waals surface area contributed by atoms with Crippen molar-refractivity contribution < 1.29 is 9.53 Å². The van der Waals surface area contributed by atoms with Crippen LogP contribution in [0.2, 0.25) is 0 Å². The Hall–Kier alpha value is -0.770. The summed E-state index contributed by atoms with van der Waals surface area (Å²) in [4.78, 5) is 13.8. The monoisotopic (exact) mass is 254 g/mol. The predicted octanol–water partition coefficient (Wildman–Crippen LogP) is 2.53. The van der Waals surface area contributed by atoms with E-state index in [9.17, 15) is 4.79 Å². The first kappa shape index (κ1) is 13.7. The summed E-state index contributed by atoms with van der Waals surface area (Å²) in [5.74, 6) is 0. The molecule has 0 aromatic rings. The average Bonchev–Trinajstić information content (AvgIpc) is 2.69. The van der Waals surface area contributed by atoms with Crippen LogP contribution in [0.25, 0.3) is 0 Å². The number of nitrogens with one attached hydrogen (secondary N) is 1. The van der Waals surface area contributed by atoms with Crippen LogP contribution in [0.3, 0.4) is 0 Å². The maximum Gasteiger partial charge on any atom is 0.409 e. The molecule has 2 aliphatic heterocycles. The van der Waals surface area contributed by atoms with E-state index in [1.807, 2.05) is 4.90 Å². The van der Waals surface area contributed by atoms with E-state index in [2.05, 4.69) is 5.32 Å². The van der Waals surface area contributed by atoms with Crippen LogP contribution >= 0.6 is 0 Å². The Morgan fingerprint density at radius 1 is 1.11 bits per heavy atom. The van der Waals surface area contributed by atoms with E-state index in [-0.39, 0.29) is 6.09 Å². The Balaban J connectivity index is 1.61. The molecule has 1 amide bonds. The first-order valence-corrected chi connectivity index (χ1v) is 7.51. The van der Waals surface area contributed by atoms with Crippen molar-refractivity contribution in [2.24, 2.45) is 0 Å². The van der Waals surface area contributed by atoms with Gasteiger partial charge in [-0.3, -0.25) is 0 Å². The zero-order chi connectivity index (χ0) is 12.6. The second kappa shape index (κ2) is 7.62. The van der Waals surface area contributed by atoms with Gasteiger partial charge in [-0.1, -0.05) is 19.3 Å². The van der Waals surface area contributed by atoms with Gasteiger partial charge in [-0.15, -0.1) is 0 Å². The lowest BCUT2D eigenvalue weighted by molar-refractivity contribution is 0.0984. The van der Waals surface area contributed by atoms with E-state index < -0.39 is 0 Å². The number of hydrogen-bond donors (Lipinski definition) is 1. The molecule has 4 nitrogen and oxygen atoms in total. The Bertz CT molecular complexity index is 244. The van der Waals surface area contributed by atoms with Crippen LogP contribution in [0.1, 0.15) is 51.4 Å². The van der Waals surface area contributed by atoms with Crippen molar-refractivity contribution in [3.05, 3.63) is 0 Å². The molecule has 1 N–H and O–H groups in total. The number of carbonyl (C=O) groups is 1. The summed E-state index contributed by atoms with van der Waals surface area (Å²) in [5.41, 5.74) is 0. The van der Waals surface area contributed by atoms with Crippen LogP contribution in [-0.4, -0.2) is 43.3 Å². The molecule has 1 atom stereocenters. The fraction of sp³-hybridized carbons (Fsp3) is 0.929. The summed E-state index contributed by atoms with van der Waals surface area (Å²) in [6, 6.07) is 0.552. The van der Waals surface area contributed by atoms with Gasteiger partial charge < -0.3 is 15.0 Å². The van der Waals surface area contributed by atoms with Gasteiger partial charge in [0.1, 0.15) is 0 Å². The predicted molar refractivity (Wildman–Crippen MR) is 71.6 cm³/mol. The summed E-state index contributed by atoms with van der Waals surface area (Å²) in [6.07, 6.45) is 9.40. The number of rotatable bonds is 3. The molecule has 1 unspecified atom stereocenters. The second-order valence-electron chi connectivity index (χ2n) is 5.45. The minimum Gasteiger partial charge on any atom is -0.449 e. The number of carbonyl (C=O) groups excluding carboxylic acids is 1. The lowest BCUT2D eigenvalue weighted by Gasteiger charge is -2.24. The summed E-state index contributed by atoms with van der Waals surface area (Å²) >= 11 is 0. The number of nitrogens with zero attached hydrogens (tertiary/aromatic N) is 1. The van der Waals surface area contributed by atoms with E-state index in [4.69, 9.17) is 4.74 Å². The highest BCUT2D eigenvalue weighted by Crippen LogP contribution is 2.12. The molecule has 0 bridgehead atoms. The zero-order valence-electron chi connectivity index (χ0n) is 11.3. The van der Waals surface area contributed by atoms with Crippen LogP contribution in [0.5, 0.6) is 0 Å². The highest BCUT2D eigenvalue weighted by atomic mass is 16.6. The second-order valence-corrected chi connectivity index (χ2v) is 5.45. The van der Waals surface area contributed by atoms with E-state index >= 15 is 0 Å². The third-order valence-corrected chi connectivity index (χ3v) is 3.97. The first-order valence-electron chi connectivity index (χ1n) is 7.51. The summed E-state index contributed by atoms with van der Waals surface area (Å²) in [5, 5.41) is 3.48. The molecular formula is C14H26N2O2. The van der Waals surface area contributed by atoms with Crippen molar-refractivity contribution >= 4 is 6.09 Å². The lowest BCUT2D eigenvalue weighted by Crippen LogP contribution is -2.36. The number of ether oxygens (including phenoxy) is 1. The van der Waals surface area contributed by atoms with Gasteiger partial charge in [0, 0.05) is 19.1 Å². The quantitative estimate of drug-likeness (QED) is 0.841. The molecule has 0 saturated carbocycles. The molecule has 0 spiro atoms. The van der Waals surface area contributed by atoms with Crippen LogP contribution in [0, 0.1) is 0 Å². The number of likely N-dealkylation sites (tertiary alicyclic amines) is 1. The molecule has 2 heterocycles. The van der Waals surface area contributed by atoms with Crippen molar-refractivity contribution in [3.63, 3.8) is 0 Å². The highest BCUT2D eigenvalue weighted by Gasteiger charge is 2.18. The molecule has 4 heteroatoms. The molecule has 2 saturated heterocycles.